The van der Waals surface area contributed by atoms with Gasteiger partial charge in [-0.2, -0.15) is 0 Å². The minimum Gasteiger partial charge on any atom is -0.492 e. The average molecular weight is 276 g/mol. The standard InChI is InChI=1S/C16H24N2O2/c1-2-8-16(9-10-17-13-16)15(19)18-11-12-20-14-6-4-3-5-7-14/h3-7,17H,2,8-13H2,1H3,(H,18,19). The van der Waals surface area contributed by atoms with Crippen LogP contribution in [0.3, 0.4) is 0 Å². The van der Waals surface area contributed by atoms with E-state index in [1.165, 1.54) is 0 Å². The molecule has 1 aromatic carbocycles. The molecule has 0 saturated carbocycles. The molecule has 20 heavy (non-hydrogen) atoms. The second-order valence-electron chi connectivity index (χ2n) is 5.37. The monoisotopic (exact) mass is 276 g/mol. The fraction of sp³-hybridized carbons (Fsp3) is 0.562. The van der Waals surface area contributed by atoms with Crippen LogP contribution in [0, 0.1) is 5.41 Å². The number of carbonyl (C=O) groups is 1. The average Bonchev–Trinajstić information content (AvgIpc) is 2.95. The van der Waals surface area contributed by atoms with Crippen molar-refractivity contribution >= 4 is 5.91 Å². The van der Waals surface area contributed by atoms with E-state index in [0.717, 1.165) is 38.1 Å². The summed E-state index contributed by atoms with van der Waals surface area (Å²) in [5, 5.41) is 6.32. The van der Waals surface area contributed by atoms with E-state index < -0.39 is 0 Å². The van der Waals surface area contributed by atoms with Crippen molar-refractivity contribution in [2.75, 3.05) is 26.2 Å². The van der Waals surface area contributed by atoms with Crippen LogP contribution in [0.4, 0.5) is 0 Å². The fourth-order valence-corrected chi connectivity index (χ4v) is 2.78. The van der Waals surface area contributed by atoms with Crippen molar-refractivity contribution in [1.29, 1.82) is 0 Å². The SMILES string of the molecule is CCCC1(C(=O)NCCOc2ccccc2)CCNC1. The van der Waals surface area contributed by atoms with Crippen LogP contribution in [0.25, 0.3) is 0 Å². The minimum absolute atomic E-state index is 0.168. The van der Waals surface area contributed by atoms with E-state index in [1.54, 1.807) is 0 Å². The van der Waals surface area contributed by atoms with E-state index in [2.05, 4.69) is 17.6 Å². The Morgan fingerprint density at radius 2 is 2.20 bits per heavy atom. The summed E-state index contributed by atoms with van der Waals surface area (Å²) >= 11 is 0. The number of nitrogens with one attached hydrogen (secondary N) is 2. The van der Waals surface area contributed by atoms with E-state index in [9.17, 15) is 4.79 Å². The van der Waals surface area contributed by atoms with Crippen molar-refractivity contribution in [1.82, 2.24) is 10.6 Å². The maximum atomic E-state index is 12.4. The van der Waals surface area contributed by atoms with E-state index >= 15 is 0 Å². The third-order valence-electron chi connectivity index (χ3n) is 3.85. The summed E-state index contributed by atoms with van der Waals surface area (Å²) in [6, 6.07) is 9.67. The number of para-hydroxylation sites is 1. The zero-order valence-electron chi connectivity index (χ0n) is 12.2. The molecule has 1 unspecified atom stereocenters. The molecule has 1 amide bonds. The van der Waals surface area contributed by atoms with Gasteiger partial charge in [0, 0.05) is 6.54 Å². The molecule has 2 rings (SSSR count). The molecule has 0 radical (unpaired) electrons. The van der Waals surface area contributed by atoms with Crippen molar-refractivity contribution < 1.29 is 9.53 Å². The molecule has 1 aromatic rings. The van der Waals surface area contributed by atoms with Gasteiger partial charge in [-0.3, -0.25) is 4.79 Å². The predicted molar refractivity (Wildman–Crippen MR) is 79.8 cm³/mol. The lowest BCUT2D eigenvalue weighted by atomic mass is 9.81. The van der Waals surface area contributed by atoms with Gasteiger partial charge in [0.05, 0.1) is 12.0 Å². The maximum absolute atomic E-state index is 12.4. The maximum Gasteiger partial charge on any atom is 0.227 e. The van der Waals surface area contributed by atoms with Crippen LogP contribution in [-0.4, -0.2) is 32.1 Å². The van der Waals surface area contributed by atoms with Gasteiger partial charge < -0.3 is 15.4 Å². The molecule has 1 aliphatic heterocycles. The molecule has 1 saturated heterocycles. The Kier molecular flexibility index (Phi) is 5.41. The molecule has 0 spiro atoms. The zero-order chi connectivity index (χ0) is 14.3. The van der Waals surface area contributed by atoms with Crippen molar-refractivity contribution in [3.8, 4) is 5.75 Å². The summed E-state index contributed by atoms with van der Waals surface area (Å²) in [7, 11) is 0. The molecular formula is C16H24N2O2. The van der Waals surface area contributed by atoms with Crippen LogP contribution in [0.5, 0.6) is 5.75 Å². The number of hydrogen-bond acceptors (Lipinski definition) is 3. The first-order valence-electron chi connectivity index (χ1n) is 7.44. The first-order chi connectivity index (χ1) is 9.77. The summed E-state index contributed by atoms with van der Waals surface area (Å²) in [4.78, 5) is 12.4. The van der Waals surface area contributed by atoms with E-state index in [-0.39, 0.29) is 11.3 Å². The second-order valence-corrected chi connectivity index (χ2v) is 5.37. The summed E-state index contributed by atoms with van der Waals surface area (Å²) in [6.07, 6.45) is 2.92. The highest BCUT2D eigenvalue weighted by Crippen LogP contribution is 2.31. The zero-order valence-corrected chi connectivity index (χ0v) is 12.2. The predicted octanol–water partition coefficient (Wildman–Crippen LogP) is 1.96. The molecule has 110 valence electrons. The highest BCUT2D eigenvalue weighted by atomic mass is 16.5. The van der Waals surface area contributed by atoms with Crippen molar-refractivity contribution in [2.45, 2.75) is 26.2 Å². The first-order valence-corrected chi connectivity index (χ1v) is 7.44. The number of hydrogen-bond donors (Lipinski definition) is 2. The third kappa shape index (κ3) is 3.73. The van der Waals surface area contributed by atoms with Crippen LogP contribution in [0.1, 0.15) is 26.2 Å². The summed E-state index contributed by atoms with van der Waals surface area (Å²) in [5.74, 6) is 1.01. The highest BCUT2D eigenvalue weighted by molar-refractivity contribution is 5.83. The molecule has 1 atom stereocenters. The van der Waals surface area contributed by atoms with E-state index in [4.69, 9.17) is 4.74 Å². The molecule has 4 nitrogen and oxygen atoms in total. The van der Waals surface area contributed by atoms with E-state index in [1.807, 2.05) is 30.3 Å². The van der Waals surface area contributed by atoms with Gasteiger partial charge in [0.1, 0.15) is 12.4 Å². The van der Waals surface area contributed by atoms with Crippen molar-refractivity contribution in [2.24, 2.45) is 5.41 Å². The van der Waals surface area contributed by atoms with Crippen LogP contribution >= 0.6 is 0 Å². The topological polar surface area (TPSA) is 50.4 Å². The summed E-state index contributed by atoms with van der Waals surface area (Å²) < 4.78 is 5.58. The molecular weight excluding hydrogens is 252 g/mol. The minimum atomic E-state index is -0.207. The van der Waals surface area contributed by atoms with Crippen LogP contribution < -0.4 is 15.4 Å². The smallest absolute Gasteiger partial charge is 0.227 e. The molecule has 1 fully saturated rings. The molecule has 1 heterocycles. The first kappa shape index (κ1) is 14.9. The van der Waals surface area contributed by atoms with Crippen LogP contribution in [0.2, 0.25) is 0 Å². The second kappa shape index (κ2) is 7.29. The van der Waals surface area contributed by atoms with Gasteiger partial charge in [-0.1, -0.05) is 31.5 Å². The Morgan fingerprint density at radius 3 is 2.85 bits per heavy atom. The lowest BCUT2D eigenvalue weighted by Gasteiger charge is -2.26. The lowest BCUT2D eigenvalue weighted by Crippen LogP contribution is -2.43. The third-order valence-corrected chi connectivity index (χ3v) is 3.85. The number of benzene rings is 1. The molecule has 0 bridgehead atoms. The van der Waals surface area contributed by atoms with Crippen LogP contribution in [0.15, 0.2) is 30.3 Å². The summed E-state index contributed by atoms with van der Waals surface area (Å²) in [6.45, 7) is 4.93. The van der Waals surface area contributed by atoms with Gasteiger partial charge in [0.25, 0.3) is 0 Å². The van der Waals surface area contributed by atoms with Gasteiger partial charge in [0.2, 0.25) is 5.91 Å². The Morgan fingerprint density at radius 1 is 1.40 bits per heavy atom. The fourth-order valence-electron chi connectivity index (χ4n) is 2.78. The largest absolute Gasteiger partial charge is 0.492 e. The Labute approximate surface area is 120 Å². The van der Waals surface area contributed by atoms with Gasteiger partial charge in [-0.25, -0.2) is 0 Å². The molecule has 2 N–H and O–H groups in total. The van der Waals surface area contributed by atoms with Gasteiger partial charge in [-0.05, 0) is 31.5 Å². The molecule has 1 aliphatic rings. The molecule has 0 aliphatic carbocycles. The summed E-state index contributed by atoms with van der Waals surface area (Å²) in [5.41, 5.74) is -0.207. The van der Waals surface area contributed by atoms with Gasteiger partial charge in [0.15, 0.2) is 0 Å². The number of ether oxygens (including phenoxy) is 1. The van der Waals surface area contributed by atoms with Crippen LogP contribution in [-0.2, 0) is 4.79 Å². The Hall–Kier alpha value is -1.55. The van der Waals surface area contributed by atoms with Crippen molar-refractivity contribution in [3.05, 3.63) is 30.3 Å². The Balaban J connectivity index is 1.74. The van der Waals surface area contributed by atoms with Crippen molar-refractivity contribution in [3.63, 3.8) is 0 Å². The molecule has 0 aromatic heterocycles. The van der Waals surface area contributed by atoms with Gasteiger partial charge >= 0.3 is 0 Å². The molecule has 4 heteroatoms. The number of rotatable bonds is 7. The van der Waals surface area contributed by atoms with Gasteiger partial charge in [-0.15, -0.1) is 0 Å². The Bertz CT molecular complexity index is 414. The number of carbonyl (C=O) groups excluding carboxylic acids is 1. The number of amides is 1. The quantitative estimate of drug-likeness (QED) is 0.749. The normalized spacial score (nSPS) is 21.6. The van der Waals surface area contributed by atoms with E-state index in [0.29, 0.717) is 13.2 Å². The highest BCUT2D eigenvalue weighted by Gasteiger charge is 2.39. The lowest BCUT2D eigenvalue weighted by molar-refractivity contribution is -0.130.